The van der Waals surface area contributed by atoms with E-state index in [9.17, 15) is 9.59 Å². The second kappa shape index (κ2) is 3.56. The van der Waals surface area contributed by atoms with Gasteiger partial charge in [-0.25, -0.2) is 0 Å². The molecule has 1 rings (SSSR count). The zero-order valence-corrected chi connectivity index (χ0v) is 7.17. The molecular formula is C8H13N2O2. The molecule has 4 nitrogen and oxygen atoms in total. The van der Waals surface area contributed by atoms with Crippen molar-refractivity contribution in [3.63, 3.8) is 0 Å². The van der Waals surface area contributed by atoms with Crippen molar-refractivity contribution in [1.82, 2.24) is 10.6 Å². The minimum atomic E-state index is -0.488. The van der Waals surface area contributed by atoms with E-state index in [0.29, 0.717) is 25.9 Å². The SMILES string of the molecule is CC(=O)N1CCC(C([NH])=O)CC1. The van der Waals surface area contributed by atoms with E-state index >= 15 is 0 Å². The van der Waals surface area contributed by atoms with Crippen molar-refractivity contribution in [3.05, 3.63) is 0 Å². The van der Waals surface area contributed by atoms with Crippen LogP contribution in [0.15, 0.2) is 0 Å². The molecule has 1 aliphatic rings. The molecule has 12 heavy (non-hydrogen) atoms. The normalized spacial score (nSPS) is 19.2. The summed E-state index contributed by atoms with van der Waals surface area (Å²) in [5.74, 6) is -0.565. The smallest absolute Gasteiger partial charge is 0.241 e. The van der Waals surface area contributed by atoms with Gasteiger partial charge in [0, 0.05) is 25.9 Å². The van der Waals surface area contributed by atoms with Crippen molar-refractivity contribution < 1.29 is 9.59 Å². The summed E-state index contributed by atoms with van der Waals surface area (Å²) in [6.07, 6.45) is 1.31. The average molecular weight is 169 g/mol. The predicted molar refractivity (Wildman–Crippen MR) is 43.1 cm³/mol. The molecule has 4 heteroatoms. The molecule has 1 heterocycles. The lowest BCUT2D eigenvalue weighted by Crippen LogP contribution is -2.39. The summed E-state index contributed by atoms with van der Waals surface area (Å²) in [6.45, 7) is 2.79. The first-order valence-corrected chi connectivity index (χ1v) is 4.12. The highest BCUT2D eigenvalue weighted by atomic mass is 16.2. The quantitative estimate of drug-likeness (QED) is 0.557. The number of amides is 2. The van der Waals surface area contributed by atoms with Gasteiger partial charge < -0.3 is 4.90 Å². The summed E-state index contributed by atoms with van der Waals surface area (Å²) in [4.78, 5) is 23.2. The summed E-state index contributed by atoms with van der Waals surface area (Å²) in [5, 5.41) is 0. The first-order valence-electron chi connectivity index (χ1n) is 4.12. The van der Waals surface area contributed by atoms with E-state index in [1.807, 2.05) is 0 Å². The topological polar surface area (TPSA) is 61.2 Å². The second-order valence-corrected chi connectivity index (χ2v) is 3.14. The summed E-state index contributed by atoms with van der Waals surface area (Å²) in [6, 6.07) is 0. The maximum absolute atomic E-state index is 10.9. The predicted octanol–water partition coefficient (Wildman–Crippen LogP) is 0.0544. The molecule has 1 radical (unpaired) electrons. The Morgan fingerprint density at radius 1 is 1.33 bits per heavy atom. The molecule has 0 aromatic carbocycles. The Bertz CT molecular complexity index is 173. The summed E-state index contributed by atoms with van der Waals surface area (Å²) in [7, 11) is 0. The van der Waals surface area contributed by atoms with Crippen LogP contribution in [0.5, 0.6) is 0 Å². The zero-order valence-electron chi connectivity index (χ0n) is 7.17. The standard InChI is InChI=1S/C8H13N2O2/c1-6(11)10-4-2-7(3-5-10)8(9)12/h7,9H,2-5H2,1H3. The molecule has 1 fully saturated rings. The van der Waals surface area contributed by atoms with Crippen LogP contribution in [0.4, 0.5) is 0 Å². The molecule has 0 bridgehead atoms. The van der Waals surface area contributed by atoms with Gasteiger partial charge in [0.05, 0.1) is 0 Å². The third-order valence-electron chi connectivity index (χ3n) is 2.31. The van der Waals surface area contributed by atoms with E-state index in [4.69, 9.17) is 5.73 Å². The molecule has 0 aromatic heterocycles. The number of carbonyl (C=O) groups is 2. The lowest BCUT2D eigenvalue weighted by atomic mass is 9.96. The van der Waals surface area contributed by atoms with E-state index in [-0.39, 0.29) is 11.8 Å². The summed E-state index contributed by atoms with van der Waals surface area (Å²) < 4.78 is 0. The molecular weight excluding hydrogens is 156 g/mol. The maximum atomic E-state index is 10.9. The van der Waals surface area contributed by atoms with Crippen LogP contribution in [0, 0.1) is 5.92 Å². The van der Waals surface area contributed by atoms with Gasteiger partial charge in [-0.05, 0) is 12.8 Å². The monoisotopic (exact) mass is 169 g/mol. The third kappa shape index (κ3) is 1.96. The van der Waals surface area contributed by atoms with Crippen molar-refractivity contribution in [1.29, 1.82) is 0 Å². The Kier molecular flexibility index (Phi) is 2.68. The molecule has 0 saturated carbocycles. The van der Waals surface area contributed by atoms with Crippen molar-refractivity contribution in [2.75, 3.05) is 13.1 Å². The number of nitrogens with one attached hydrogen (secondary N) is 1. The Morgan fingerprint density at radius 2 is 1.83 bits per heavy atom. The van der Waals surface area contributed by atoms with Crippen molar-refractivity contribution in [3.8, 4) is 0 Å². The zero-order chi connectivity index (χ0) is 9.14. The highest BCUT2D eigenvalue weighted by Crippen LogP contribution is 2.16. The van der Waals surface area contributed by atoms with Gasteiger partial charge in [-0.15, -0.1) is 0 Å². The van der Waals surface area contributed by atoms with E-state index in [1.165, 1.54) is 6.92 Å². The Labute approximate surface area is 71.7 Å². The summed E-state index contributed by atoms with van der Waals surface area (Å²) >= 11 is 0. The van der Waals surface area contributed by atoms with Gasteiger partial charge >= 0.3 is 0 Å². The highest BCUT2D eigenvalue weighted by Gasteiger charge is 2.24. The van der Waals surface area contributed by atoms with Crippen molar-refractivity contribution in [2.45, 2.75) is 19.8 Å². The lowest BCUT2D eigenvalue weighted by Gasteiger charge is -2.29. The first kappa shape index (κ1) is 9.03. The molecule has 1 N–H and O–H groups in total. The van der Waals surface area contributed by atoms with Gasteiger partial charge in [0.2, 0.25) is 11.8 Å². The van der Waals surface area contributed by atoms with Gasteiger partial charge in [0.15, 0.2) is 0 Å². The van der Waals surface area contributed by atoms with Gasteiger partial charge in [0.1, 0.15) is 0 Å². The molecule has 0 aliphatic carbocycles. The largest absolute Gasteiger partial charge is 0.343 e. The van der Waals surface area contributed by atoms with E-state index in [2.05, 4.69) is 0 Å². The average Bonchev–Trinajstić information content (AvgIpc) is 2.04. The Balaban J connectivity index is 2.39. The molecule has 2 amide bonds. The van der Waals surface area contributed by atoms with Crippen molar-refractivity contribution >= 4 is 11.8 Å². The molecule has 1 saturated heterocycles. The number of likely N-dealkylation sites (tertiary alicyclic amines) is 1. The maximum Gasteiger partial charge on any atom is 0.241 e. The van der Waals surface area contributed by atoms with Gasteiger partial charge in [-0.3, -0.25) is 15.3 Å². The van der Waals surface area contributed by atoms with Crippen LogP contribution in [0.3, 0.4) is 0 Å². The minimum absolute atomic E-state index is 0.0610. The van der Waals surface area contributed by atoms with Gasteiger partial charge in [0.25, 0.3) is 0 Å². The minimum Gasteiger partial charge on any atom is -0.343 e. The lowest BCUT2D eigenvalue weighted by molar-refractivity contribution is -0.133. The number of hydrogen-bond acceptors (Lipinski definition) is 2. The molecule has 0 aromatic rings. The Morgan fingerprint density at radius 3 is 2.17 bits per heavy atom. The van der Waals surface area contributed by atoms with Crippen LogP contribution in [0.1, 0.15) is 19.8 Å². The first-order chi connectivity index (χ1) is 5.61. The molecule has 0 unspecified atom stereocenters. The number of nitrogens with zero attached hydrogens (tertiary/aromatic N) is 1. The summed E-state index contributed by atoms with van der Waals surface area (Å²) in [5.41, 5.74) is 6.90. The molecule has 1 aliphatic heterocycles. The van der Waals surface area contributed by atoms with E-state index < -0.39 is 5.91 Å². The fraction of sp³-hybridized carbons (Fsp3) is 0.750. The van der Waals surface area contributed by atoms with Gasteiger partial charge in [-0.1, -0.05) is 0 Å². The molecule has 67 valence electrons. The van der Waals surface area contributed by atoms with Crippen LogP contribution >= 0.6 is 0 Å². The van der Waals surface area contributed by atoms with E-state index in [1.54, 1.807) is 4.90 Å². The second-order valence-electron chi connectivity index (χ2n) is 3.14. The number of carbonyl (C=O) groups excluding carboxylic acids is 2. The number of piperidine rings is 1. The Hall–Kier alpha value is -1.06. The number of hydrogen-bond donors (Lipinski definition) is 0. The fourth-order valence-corrected chi connectivity index (χ4v) is 1.46. The van der Waals surface area contributed by atoms with Crippen LogP contribution in [0.2, 0.25) is 0 Å². The van der Waals surface area contributed by atoms with Crippen LogP contribution in [-0.2, 0) is 9.59 Å². The highest BCUT2D eigenvalue weighted by molar-refractivity contribution is 5.77. The molecule has 0 spiro atoms. The molecule has 0 atom stereocenters. The van der Waals surface area contributed by atoms with Crippen LogP contribution < -0.4 is 5.73 Å². The van der Waals surface area contributed by atoms with E-state index in [0.717, 1.165) is 0 Å². The van der Waals surface area contributed by atoms with Gasteiger partial charge in [-0.2, -0.15) is 0 Å². The fourth-order valence-electron chi connectivity index (χ4n) is 1.46. The van der Waals surface area contributed by atoms with Crippen molar-refractivity contribution in [2.24, 2.45) is 5.92 Å². The third-order valence-corrected chi connectivity index (χ3v) is 2.31. The van der Waals surface area contributed by atoms with Crippen LogP contribution in [-0.4, -0.2) is 29.8 Å². The van der Waals surface area contributed by atoms with Crippen LogP contribution in [0.25, 0.3) is 0 Å². The number of rotatable bonds is 1.